The van der Waals surface area contributed by atoms with Crippen LogP contribution in [0, 0.1) is 0 Å². The maximum atomic E-state index is 10.7. The molecular weight excluding hydrogens is 264 g/mol. The fraction of sp³-hybridized carbons (Fsp3) is 0.100. The highest BCUT2D eigenvalue weighted by molar-refractivity contribution is 7.81. The van der Waals surface area contributed by atoms with Gasteiger partial charge in [0.05, 0.1) is 11.2 Å². The van der Waals surface area contributed by atoms with Gasteiger partial charge in [-0.1, -0.05) is 6.07 Å². The summed E-state index contributed by atoms with van der Waals surface area (Å²) in [5.41, 5.74) is 0.222. The van der Waals surface area contributed by atoms with E-state index >= 15 is 0 Å². The summed E-state index contributed by atoms with van der Waals surface area (Å²) in [7, 11) is -7.77. The molecule has 0 aliphatic heterocycles. The lowest BCUT2D eigenvalue weighted by Crippen LogP contribution is -2.07. The van der Waals surface area contributed by atoms with E-state index in [1.54, 1.807) is 0 Å². The van der Waals surface area contributed by atoms with E-state index < -0.39 is 34.9 Å². The predicted molar refractivity (Wildman–Crippen MR) is 61.8 cm³/mol. The molecule has 0 amide bonds. The van der Waals surface area contributed by atoms with Crippen LogP contribution in [0.4, 0.5) is 0 Å². The van der Waals surface area contributed by atoms with Crippen molar-refractivity contribution in [1.29, 1.82) is 0 Å². The van der Waals surface area contributed by atoms with Gasteiger partial charge in [-0.3, -0.25) is 4.55 Å². The molecule has 0 saturated carbocycles. The second-order valence-corrected chi connectivity index (χ2v) is 4.01. The van der Waals surface area contributed by atoms with Crippen LogP contribution in [0.25, 0.3) is 6.08 Å². The van der Waals surface area contributed by atoms with Gasteiger partial charge in [-0.25, -0.2) is 4.79 Å². The molecule has 8 heteroatoms. The lowest BCUT2D eigenvalue weighted by molar-refractivity contribution is -0.131. The number of carbonyl (C=O) groups is 1. The molecule has 0 radical (unpaired) electrons. The lowest BCUT2D eigenvalue weighted by Gasteiger charge is -2.08. The van der Waals surface area contributed by atoms with Crippen molar-refractivity contribution in [2.45, 2.75) is 0 Å². The van der Waals surface area contributed by atoms with Crippen molar-refractivity contribution in [3.8, 4) is 11.5 Å². The molecule has 0 spiro atoms. The molecule has 0 aromatic heterocycles. The Morgan fingerprint density at radius 3 is 2.72 bits per heavy atom. The summed E-state index contributed by atoms with van der Waals surface area (Å²) < 4.78 is 59.6. The monoisotopic (exact) mass is 277 g/mol. The molecular formula is C10H10O7S. The van der Waals surface area contributed by atoms with Gasteiger partial charge in [0, 0.05) is 6.08 Å². The van der Waals surface area contributed by atoms with Crippen LogP contribution in [0.15, 0.2) is 24.3 Å². The number of rotatable bonds is 5. The molecule has 98 valence electrons. The predicted octanol–water partition coefficient (Wildman–Crippen LogP) is 0.975. The Kier molecular flexibility index (Phi) is 3.04. The minimum absolute atomic E-state index is 0.222. The van der Waals surface area contributed by atoms with Gasteiger partial charge in [0.15, 0.2) is 11.5 Å². The summed E-state index contributed by atoms with van der Waals surface area (Å²) in [5.74, 6) is -2.28. The number of methoxy groups -OCH3 is 1. The number of ether oxygens (including phenoxy) is 1. The molecule has 7 nitrogen and oxygen atoms in total. The minimum atomic E-state index is -4.87. The van der Waals surface area contributed by atoms with E-state index in [-0.39, 0.29) is 5.56 Å². The van der Waals surface area contributed by atoms with Gasteiger partial charge in [0.1, 0.15) is 0 Å². The van der Waals surface area contributed by atoms with E-state index in [9.17, 15) is 13.2 Å². The standard InChI is InChI=1S/C10H10O7S/c1-16-9-6-7(3-5-10(11)12)2-4-8(9)17-18(13,14)15/h2-6H,1H3,(H,11,12)(H,13,14,15)/b5-3+/i1D3. The first-order valence-corrected chi connectivity index (χ1v) is 5.74. The summed E-state index contributed by atoms with van der Waals surface area (Å²) in [6.45, 7) is 0. The Hall–Kier alpha value is -2.06. The first kappa shape index (κ1) is 9.92. The van der Waals surface area contributed by atoms with Crippen LogP contribution in [0.3, 0.4) is 0 Å². The van der Waals surface area contributed by atoms with Gasteiger partial charge in [0.25, 0.3) is 0 Å². The lowest BCUT2D eigenvalue weighted by atomic mass is 10.2. The number of hydrogen-bond acceptors (Lipinski definition) is 5. The Morgan fingerprint density at radius 2 is 2.17 bits per heavy atom. The van der Waals surface area contributed by atoms with E-state index in [1.165, 1.54) is 6.07 Å². The van der Waals surface area contributed by atoms with Crippen molar-refractivity contribution in [2.75, 3.05) is 7.04 Å². The Morgan fingerprint density at radius 1 is 1.44 bits per heavy atom. The van der Waals surface area contributed by atoms with Crippen molar-refractivity contribution in [3.05, 3.63) is 29.8 Å². The summed E-state index contributed by atoms with van der Waals surface area (Å²) >= 11 is 0. The number of carboxylic acid groups (broad SMARTS) is 1. The van der Waals surface area contributed by atoms with Crippen LogP contribution in [-0.2, 0) is 15.2 Å². The molecule has 0 unspecified atom stereocenters. The normalized spacial score (nSPS) is 14.6. The van der Waals surface area contributed by atoms with E-state index in [4.69, 9.17) is 13.8 Å². The first-order chi connectivity index (χ1) is 9.46. The number of benzene rings is 1. The second-order valence-electron chi connectivity index (χ2n) is 2.99. The third-order valence-electron chi connectivity index (χ3n) is 1.69. The molecule has 1 rings (SSSR count). The minimum Gasteiger partial charge on any atom is -0.493 e. The number of hydrogen-bond donors (Lipinski definition) is 2. The second kappa shape index (κ2) is 5.52. The van der Waals surface area contributed by atoms with Gasteiger partial charge >= 0.3 is 16.4 Å². The molecule has 0 aliphatic carbocycles. The Balaban J connectivity index is 3.22. The van der Waals surface area contributed by atoms with Crippen LogP contribution in [0.5, 0.6) is 11.5 Å². The summed E-state index contributed by atoms with van der Waals surface area (Å²) in [6, 6.07) is 3.30. The molecule has 0 saturated heterocycles. The van der Waals surface area contributed by atoms with Crippen molar-refractivity contribution >= 4 is 22.4 Å². The maximum absolute atomic E-state index is 10.7. The van der Waals surface area contributed by atoms with E-state index in [0.29, 0.717) is 0 Å². The molecule has 1 aromatic rings. The molecule has 0 fully saturated rings. The van der Waals surface area contributed by atoms with Crippen LogP contribution in [-0.4, -0.2) is 31.1 Å². The maximum Gasteiger partial charge on any atom is 0.446 e. The smallest absolute Gasteiger partial charge is 0.446 e. The zero-order chi connectivity index (χ0) is 16.3. The van der Waals surface area contributed by atoms with E-state index in [2.05, 4.69) is 8.92 Å². The summed E-state index contributed by atoms with van der Waals surface area (Å²) in [6.07, 6.45) is 1.92. The third kappa shape index (κ3) is 4.44. The van der Waals surface area contributed by atoms with Gasteiger partial charge in [-0.2, -0.15) is 8.42 Å². The molecule has 0 atom stereocenters. The zero-order valence-electron chi connectivity index (χ0n) is 11.7. The quantitative estimate of drug-likeness (QED) is 0.609. The first-order valence-electron chi connectivity index (χ1n) is 5.87. The molecule has 18 heavy (non-hydrogen) atoms. The van der Waals surface area contributed by atoms with Crippen LogP contribution < -0.4 is 8.92 Å². The van der Waals surface area contributed by atoms with Crippen LogP contribution >= 0.6 is 0 Å². The van der Waals surface area contributed by atoms with Gasteiger partial charge in [-0.05, 0) is 23.8 Å². The summed E-state index contributed by atoms with van der Waals surface area (Å²) in [5, 5.41) is 8.49. The topological polar surface area (TPSA) is 110 Å². The van der Waals surface area contributed by atoms with Crippen LogP contribution in [0.1, 0.15) is 9.68 Å². The average Bonchev–Trinajstić information content (AvgIpc) is 2.25. The SMILES string of the molecule is [2H]C([2H])([2H])Oc1cc(/C=C/C(=O)O)ccc1OS(=O)(=O)O. The molecule has 0 aliphatic rings. The fourth-order valence-corrected chi connectivity index (χ4v) is 1.42. The summed E-state index contributed by atoms with van der Waals surface area (Å²) in [4.78, 5) is 10.4. The third-order valence-corrected chi connectivity index (χ3v) is 2.08. The molecule has 1 aromatic carbocycles. The van der Waals surface area contributed by atoms with Crippen molar-refractivity contribution in [2.24, 2.45) is 0 Å². The molecule has 2 N–H and O–H groups in total. The van der Waals surface area contributed by atoms with E-state index in [1.807, 2.05) is 0 Å². The number of aliphatic carboxylic acids is 1. The fourth-order valence-electron chi connectivity index (χ4n) is 1.06. The largest absolute Gasteiger partial charge is 0.493 e. The number of carboxylic acids is 1. The highest BCUT2D eigenvalue weighted by atomic mass is 32.3. The molecule has 0 heterocycles. The highest BCUT2D eigenvalue weighted by Gasteiger charge is 2.12. The van der Waals surface area contributed by atoms with Gasteiger partial charge in [0.2, 0.25) is 0 Å². The average molecular weight is 277 g/mol. The van der Waals surface area contributed by atoms with Crippen LogP contribution in [0.2, 0.25) is 0 Å². The molecule has 0 bridgehead atoms. The van der Waals surface area contributed by atoms with Crippen molar-refractivity contribution in [3.63, 3.8) is 0 Å². The highest BCUT2D eigenvalue weighted by Crippen LogP contribution is 2.29. The van der Waals surface area contributed by atoms with Gasteiger partial charge in [-0.15, -0.1) is 0 Å². The van der Waals surface area contributed by atoms with Crippen molar-refractivity contribution in [1.82, 2.24) is 0 Å². The van der Waals surface area contributed by atoms with E-state index in [0.717, 1.165) is 24.3 Å². The van der Waals surface area contributed by atoms with Crippen molar-refractivity contribution < 1.29 is 35.9 Å². The van der Waals surface area contributed by atoms with Gasteiger partial charge < -0.3 is 14.0 Å². The Bertz CT molecular complexity index is 664. The Labute approximate surface area is 107 Å². The zero-order valence-corrected chi connectivity index (χ0v) is 9.55.